The minimum atomic E-state index is 1.07. The number of nitrogens with zero attached hydrogens (tertiary/aromatic N) is 2. The van der Waals surface area contributed by atoms with Gasteiger partial charge in [0.25, 0.3) is 0 Å². The lowest BCUT2D eigenvalue weighted by Gasteiger charge is -2.25. The van der Waals surface area contributed by atoms with E-state index in [0.29, 0.717) is 0 Å². The molecule has 0 aliphatic carbocycles. The molecule has 7 aromatic carbocycles. The Morgan fingerprint density at radius 2 is 0.911 bits per heavy atom. The lowest BCUT2D eigenvalue weighted by atomic mass is 9.98. The molecule has 3 heteroatoms. The number of halogens is 1. The summed E-state index contributed by atoms with van der Waals surface area (Å²) in [4.78, 5) is 2.33. The van der Waals surface area contributed by atoms with Crippen LogP contribution in [-0.4, -0.2) is 4.57 Å². The van der Waals surface area contributed by atoms with Gasteiger partial charge >= 0.3 is 0 Å². The van der Waals surface area contributed by atoms with Gasteiger partial charge in [-0.1, -0.05) is 119 Å². The second-order valence-corrected chi connectivity index (χ2v) is 12.1. The molecule has 0 radical (unpaired) electrons. The Morgan fingerprint density at radius 3 is 1.47 bits per heavy atom. The van der Waals surface area contributed by atoms with Gasteiger partial charge in [-0.3, -0.25) is 0 Å². The third kappa shape index (κ3) is 5.12. The Hall–Kier alpha value is -5.38. The van der Waals surface area contributed by atoms with Crippen LogP contribution in [0.4, 0.5) is 17.1 Å². The summed E-state index contributed by atoms with van der Waals surface area (Å²) in [5, 5.41) is 2.42. The van der Waals surface area contributed by atoms with Gasteiger partial charge in [-0.2, -0.15) is 0 Å². The second-order valence-electron chi connectivity index (χ2n) is 11.2. The molecule has 0 saturated heterocycles. The molecule has 2 nitrogen and oxygen atoms in total. The molecule has 1 heterocycles. The summed E-state index contributed by atoms with van der Waals surface area (Å²) in [5.74, 6) is 0. The van der Waals surface area contributed by atoms with E-state index in [1.807, 2.05) is 0 Å². The minimum absolute atomic E-state index is 1.07. The Labute approximate surface area is 271 Å². The molecule has 0 unspecified atom stereocenters. The average molecular weight is 642 g/mol. The molecule has 45 heavy (non-hydrogen) atoms. The predicted octanol–water partition coefficient (Wildman–Crippen LogP) is 12.3. The van der Waals surface area contributed by atoms with Crippen molar-refractivity contribution in [1.29, 1.82) is 0 Å². The summed E-state index contributed by atoms with van der Waals surface area (Å²) in [6, 6.07) is 62.9. The van der Waals surface area contributed by atoms with Crippen molar-refractivity contribution < 1.29 is 0 Å². The van der Waals surface area contributed by atoms with E-state index in [4.69, 9.17) is 0 Å². The number of hydrogen-bond donors (Lipinski definition) is 0. The van der Waals surface area contributed by atoms with Gasteiger partial charge < -0.3 is 9.47 Å². The van der Waals surface area contributed by atoms with Crippen molar-refractivity contribution in [3.8, 4) is 27.9 Å². The number of para-hydroxylation sites is 2. The average Bonchev–Trinajstić information content (AvgIpc) is 3.42. The first kappa shape index (κ1) is 27.2. The fourth-order valence-corrected chi connectivity index (χ4v) is 6.70. The Balaban J connectivity index is 1.42. The number of hydrogen-bond acceptors (Lipinski definition) is 1. The summed E-state index contributed by atoms with van der Waals surface area (Å²) < 4.78 is 3.49. The van der Waals surface area contributed by atoms with E-state index in [9.17, 15) is 0 Å². The molecule has 8 aromatic rings. The monoisotopic (exact) mass is 640 g/mol. The van der Waals surface area contributed by atoms with E-state index in [1.165, 1.54) is 38.5 Å². The number of benzene rings is 7. The van der Waals surface area contributed by atoms with Crippen molar-refractivity contribution in [2.75, 3.05) is 4.90 Å². The summed E-state index contributed by atoms with van der Waals surface area (Å²) in [7, 11) is 0. The van der Waals surface area contributed by atoms with Gasteiger partial charge in [0.1, 0.15) is 0 Å². The normalized spacial score (nSPS) is 11.2. The van der Waals surface area contributed by atoms with Crippen LogP contribution in [0.15, 0.2) is 180 Å². The topological polar surface area (TPSA) is 8.17 Å². The van der Waals surface area contributed by atoms with E-state index < -0.39 is 0 Å². The lowest BCUT2D eigenvalue weighted by Crippen LogP contribution is -2.09. The zero-order chi connectivity index (χ0) is 30.2. The molecule has 0 amide bonds. The third-order valence-corrected chi connectivity index (χ3v) is 8.88. The van der Waals surface area contributed by atoms with Crippen molar-refractivity contribution in [3.05, 3.63) is 180 Å². The molecule has 0 saturated carbocycles. The molecule has 0 spiro atoms. The highest BCUT2D eigenvalue weighted by atomic mass is 79.9. The molecule has 0 aliphatic rings. The van der Waals surface area contributed by atoms with Gasteiger partial charge in [0.05, 0.1) is 11.0 Å². The number of aromatic nitrogens is 1. The van der Waals surface area contributed by atoms with Gasteiger partial charge in [-0.25, -0.2) is 0 Å². The molecule has 0 aliphatic heterocycles. The molecule has 214 valence electrons. The van der Waals surface area contributed by atoms with Crippen molar-refractivity contribution in [3.63, 3.8) is 0 Å². The summed E-state index contributed by atoms with van der Waals surface area (Å²) >= 11 is 3.75. The van der Waals surface area contributed by atoms with Crippen LogP contribution in [0, 0.1) is 0 Å². The van der Waals surface area contributed by atoms with Gasteiger partial charge in [-0.15, -0.1) is 0 Å². The van der Waals surface area contributed by atoms with Crippen molar-refractivity contribution >= 4 is 54.8 Å². The van der Waals surface area contributed by atoms with E-state index >= 15 is 0 Å². The van der Waals surface area contributed by atoms with Crippen LogP contribution in [0.5, 0.6) is 0 Å². The molecule has 0 bridgehead atoms. The Morgan fingerprint density at radius 1 is 0.378 bits per heavy atom. The van der Waals surface area contributed by atoms with Crippen LogP contribution in [0.2, 0.25) is 0 Å². The maximum atomic E-state index is 3.75. The highest BCUT2D eigenvalue weighted by molar-refractivity contribution is 9.10. The van der Waals surface area contributed by atoms with Crippen LogP contribution in [0.3, 0.4) is 0 Å². The van der Waals surface area contributed by atoms with E-state index in [-0.39, 0.29) is 0 Å². The first-order chi connectivity index (χ1) is 22.2. The molecule has 0 atom stereocenters. The first-order valence-electron chi connectivity index (χ1n) is 15.1. The van der Waals surface area contributed by atoms with E-state index in [2.05, 4.69) is 201 Å². The fourth-order valence-electron chi connectivity index (χ4n) is 6.33. The van der Waals surface area contributed by atoms with Crippen LogP contribution in [-0.2, 0) is 0 Å². The quantitative estimate of drug-likeness (QED) is 0.175. The van der Waals surface area contributed by atoms with E-state index in [1.54, 1.807) is 0 Å². The zero-order valence-corrected chi connectivity index (χ0v) is 26.1. The number of rotatable bonds is 6. The van der Waals surface area contributed by atoms with Crippen LogP contribution >= 0.6 is 15.9 Å². The SMILES string of the molecule is Brc1ccc2c(c1)c1ccc(N(c3ccccc3)c3ccccc3)cc1n2-c1cc(-c2ccccc2)cc(-c2ccccc2)c1. The smallest absolute Gasteiger partial charge is 0.0561 e. The fraction of sp³-hybridized carbons (Fsp3) is 0. The lowest BCUT2D eigenvalue weighted by molar-refractivity contribution is 1.18. The van der Waals surface area contributed by atoms with Gasteiger partial charge in [0.2, 0.25) is 0 Å². The van der Waals surface area contributed by atoms with Gasteiger partial charge in [-0.05, 0) is 95.1 Å². The van der Waals surface area contributed by atoms with Gasteiger partial charge in [0.15, 0.2) is 0 Å². The highest BCUT2D eigenvalue weighted by Gasteiger charge is 2.18. The molecular formula is C42H29BrN2. The van der Waals surface area contributed by atoms with Gasteiger partial charge in [0, 0.05) is 38.0 Å². The van der Waals surface area contributed by atoms with Crippen LogP contribution in [0.1, 0.15) is 0 Å². The maximum Gasteiger partial charge on any atom is 0.0561 e. The largest absolute Gasteiger partial charge is 0.310 e. The number of anilines is 3. The highest BCUT2D eigenvalue weighted by Crippen LogP contribution is 2.41. The minimum Gasteiger partial charge on any atom is -0.310 e. The predicted molar refractivity (Wildman–Crippen MR) is 194 cm³/mol. The standard InChI is InChI=1S/C42H29BrN2/c43-34-21-24-41-40(28-34)39-23-22-37(44(35-17-9-3-10-18-35)36-19-11-4-12-20-36)29-42(39)45(41)38-26-32(30-13-5-1-6-14-30)25-33(27-38)31-15-7-2-8-16-31/h1-29H. The molecule has 0 N–H and O–H groups in total. The summed E-state index contributed by atoms with van der Waals surface area (Å²) in [6.07, 6.45) is 0. The number of fused-ring (bicyclic) bond motifs is 3. The summed E-state index contributed by atoms with van der Waals surface area (Å²) in [6.45, 7) is 0. The van der Waals surface area contributed by atoms with Crippen molar-refractivity contribution in [2.24, 2.45) is 0 Å². The molecule has 8 rings (SSSR count). The summed E-state index contributed by atoms with van der Waals surface area (Å²) in [5.41, 5.74) is 11.5. The van der Waals surface area contributed by atoms with Crippen molar-refractivity contribution in [1.82, 2.24) is 4.57 Å². The maximum absolute atomic E-state index is 3.75. The first-order valence-corrected chi connectivity index (χ1v) is 15.9. The van der Waals surface area contributed by atoms with Crippen LogP contribution < -0.4 is 4.90 Å². The van der Waals surface area contributed by atoms with Crippen molar-refractivity contribution in [2.45, 2.75) is 0 Å². The third-order valence-electron chi connectivity index (χ3n) is 8.39. The molecule has 0 fully saturated rings. The Bertz CT molecular complexity index is 2160. The van der Waals surface area contributed by atoms with E-state index in [0.717, 1.165) is 32.7 Å². The molecule has 1 aromatic heterocycles. The Kier molecular flexibility index (Phi) is 7.01. The zero-order valence-electron chi connectivity index (χ0n) is 24.5. The molecular weight excluding hydrogens is 612 g/mol. The van der Waals surface area contributed by atoms with Crippen LogP contribution in [0.25, 0.3) is 49.7 Å². The second kappa shape index (κ2) is 11.6.